The zero-order chi connectivity index (χ0) is 73.8. The van der Waals surface area contributed by atoms with Crippen molar-refractivity contribution in [3.63, 3.8) is 0 Å². The average Bonchev–Trinajstić information content (AvgIpc) is 0.824. The van der Waals surface area contributed by atoms with Gasteiger partial charge in [0, 0.05) is 54.6 Å². The topological polar surface area (TPSA) is 314 Å². The van der Waals surface area contributed by atoms with Gasteiger partial charge in [-0.15, -0.1) is 0 Å². The summed E-state index contributed by atoms with van der Waals surface area (Å²) in [5.41, 5.74) is 5.77. The van der Waals surface area contributed by atoms with E-state index in [0.717, 1.165) is 27.8 Å². The van der Waals surface area contributed by atoms with E-state index in [1.54, 1.807) is 50.0 Å². The van der Waals surface area contributed by atoms with Gasteiger partial charge in [-0.1, -0.05) is 115 Å². The van der Waals surface area contributed by atoms with Crippen LogP contribution in [0.1, 0.15) is 127 Å². The highest BCUT2D eigenvalue weighted by Gasteiger charge is 2.49. The monoisotopic (exact) mass is 1460 g/mol. The molecule has 0 spiro atoms. The highest BCUT2D eigenvalue weighted by atomic mass is 31.2. The van der Waals surface area contributed by atoms with Crippen LogP contribution in [0.25, 0.3) is 22.3 Å². The lowest BCUT2D eigenvalue weighted by molar-refractivity contribution is -0.143. The van der Waals surface area contributed by atoms with Gasteiger partial charge in [-0.3, -0.25) is 42.1 Å². The SMILES string of the molecule is COc1ccc(C(OC[C@H]2O[C@@H](n3cc(C)c(=O)[nH]c3=O)C[C@H]2OP(=O)(OCCC#N)OC[C@H]2O[C@@H](n3cnc4c(NC(=O)c5ccc(CCC(=O)OCC6c7ccccc7-c7ccccc76)cc5)ncnc43)C[C@H]2OP(OCCC#N)N(C(C)C)C(C)C)(c2ccccc2)c2ccc(OC)cc2)cc1. The third-order valence-electron chi connectivity index (χ3n) is 18.6. The van der Waals surface area contributed by atoms with Gasteiger partial charge >= 0.3 is 19.5 Å². The smallest absolute Gasteiger partial charge is 0.475 e. The predicted octanol–water partition coefficient (Wildman–Crippen LogP) is 12.9. The Kier molecular flexibility index (Phi) is 24.4. The number of esters is 1. The number of amides is 1. The summed E-state index contributed by atoms with van der Waals surface area (Å²) in [7, 11) is -3.68. The highest BCUT2D eigenvalue weighted by molar-refractivity contribution is 7.48. The Morgan fingerprint density at radius 1 is 0.714 bits per heavy atom. The molecule has 2 unspecified atom stereocenters. The molecule has 2 saturated heterocycles. The number of aromatic nitrogens is 6. The molecular weight excluding hydrogens is 1380 g/mol. The molecule has 2 fully saturated rings. The number of hydrogen-bond acceptors (Lipinski definition) is 22. The summed E-state index contributed by atoms with van der Waals surface area (Å²) in [6.07, 6.45) is -1.98. The molecule has 2 aliphatic heterocycles. The van der Waals surface area contributed by atoms with Crippen LogP contribution in [0.15, 0.2) is 180 Å². The van der Waals surface area contributed by atoms with Gasteiger partial charge in [0.05, 0.1) is 78.1 Å². The number of phosphoric acid groups is 1. The Morgan fingerprint density at radius 2 is 1.30 bits per heavy atom. The molecule has 546 valence electrons. The zero-order valence-corrected chi connectivity index (χ0v) is 60.9. The number of ether oxygens (including phenoxy) is 6. The van der Waals surface area contributed by atoms with Crippen molar-refractivity contribution in [2.75, 3.05) is 52.6 Å². The van der Waals surface area contributed by atoms with Crippen molar-refractivity contribution >= 4 is 45.2 Å². The van der Waals surface area contributed by atoms with Gasteiger partial charge in [-0.25, -0.2) is 29.0 Å². The maximum Gasteiger partial charge on any atom is 0.475 e. The first kappa shape index (κ1) is 75.1. The van der Waals surface area contributed by atoms with Gasteiger partial charge < -0.3 is 42.8 Å². The zero-order valence-electron chi connectivity index (χ0n) is 59.1. The quantitative estimate of drug-likeness (QED) is 0.0167. The van der Waals surface area contributed by atoms with Gasteiger partial charge in [-0.05, 0) is 122 Å². The molecule has 1 amide bonds. The van der Waals surface area contributed by atoms with E-state index in [9.17, 15) is 29.7 Å². The van der Waals surface area contributed by atoms with Gasteiger partial charge in [-0.2, -0.15) is 10.5 Å². The first-order chi connectivity index (χ1) is 50.9. The number of hydrogen-bond donors (Lipinski definition) is 2. The largest absolute Gasteiger partial charge is 0.497 e. The summed E-state index contributed by atoms with van der Waals surface area (Å²) in [6, 6.07) is 51.5. The Hall–Kier alpha value is -9.63. The van der Waals surface area contributed by atoms with E-state index in [2.05, 4.69) is 60.3 Å². The van der Waals surface area contributed by atoms with E-state index < -0.39 is 89.2 Å². The summed E-state index contributed by atoms with van der Waals surface area (Å²) in [6.45, 7) is 8.59. The lowest BCUT2D eigenvalue weighted by atomic mass is 9.80. The van der Waals surface area contributed by atoms with E-state index in [0.29, 0.717) is 40.2 Å². The van der Waals surface area contributed by atoms with Gasteiger partial charge in [0.15, 0.2) is 17.0 Å². The minimum Gasteiger partial charge on any atom is -0.497 e. The summed E-state index contributed by atoms with van der Waals surface area (Å²) >= 11 is 0. The molecule has 0 bridgehead atoms. The van der Waals surface area contributed by atoms with Crippen LogP contribution in [0.4, 0.5) is 5.82 Å². The number of imidazole rings is 1. The average molecular weight is 1470 g/mol. The van der Waals surface area contributed by atoms with Crippen molar-refractivity contribution in [2.45, 2.75) is 134 Å². The lowest BCUT2D eigenvalue weighted by Gasteiger charge is -2.37. The summed E-state index contributed by atoms with van der Waals surface area (Å²) in [5, 5.41) is 22.3. The molecule has 12 rings (SSSR count). The number of nitriles is 2. The van der Waals surface area contributed by atoms with Crippen molar-refractivity contribution in [1.82, 2.24) is 33.7 Å². The Bertz CT molecular complexity index is 4660. The Morgan fingerprint density at radius 3 is 1.93 bits per heavy atom. The molecule has 1 aliphatic carbocycles. The standard InChI is InChI=1S/C77H82N10O16P2/c1-49(2)87(50(3)4)104(97-39-15-37-78)102-64-41-69(86-48-82-71-72(80-47-81-73(71)86)83-75(90)53-26-23-52(24-27-53)25-36-70(88)95-44-63-61-21-13-11-19-59(61)60-20-12-14-22-62(60)63)101-67(64)46-99-105(92,98-40-16-38-79)103-65-42-68(85-43-51(5)74(89)84-76(85)91)100-66(65)45-96-77(54-17-9-8-10-18-54,55-28-32-57(93-6)33-29-55)56-30-34-58(94-7)35-31-56/h8-14,17-24,26-35,43,47-50,63-69H,15-16,25,36,39-42,44-46H2,1-7H3,(H,84,89,91)(H,80,81,83,90)/t64-,65-,66-,67-,68-,69-,104?,105?/m1/s1. The van der Waals surface area contributed by atoms with Crippen LogP contribution in [-0.2, 0) is 62.9 Å². The summed E-state index contributed by atoms with van der Waals surface area (Å²) in [5.74, 6) is 0.437. The molecule has 6 aromatic carbocycles. The fraction of sp³-hybridized carbons (Fsp3) is 0.364. The molecule has 3 aliphatic rings. The van der Waals surface area contributed by atoms with Crippen LogP contribution in [-0.4, -0.2) is 129 Å². The second-order valence-corrected chi connectivity index (χ2v) is 29.0. The maximum absolute atomic E-state index is 15.8. The van der Waals surface area contributed by atoms with Crippen LogP contribution in [0, 0.1) is 29.6 Å². The molecule has 9 aromatic rings. The molecular formula is C77H82N10O16P2. The number of carbonyl (C=O) groups excluding carboxylic acids is 2. The normalized spacial score (nSPS) is 18.7. The number of benzene rings is 6. The van der Waals surface area contributed by atoms with Crippen LogP contribution in [0.5, 0.6) is 11.5 Å². The van der Waals surface area contributed by atoms with Crippen LogP contribution >= 0.6 is 16.3 Å². The van der Waals surface area contributed by atoms with Crippen molar-refractivity contribution in [3.05, 3.63) is 236 Å². The van der Waals surface area contributed by atoms with Crippen LogP contribution in [0.3, 0.4) is 0 Å². The minimum absolute atomic E-state index is 0.0459. The maximum atomic E-state index is 15.8. The molecule has 8 atom stereocenters. The number of aromatic amines is 1. The Balaban J connectivity index is 0.797. The fourth-order valence-electron chi connectivity index (χ4n) is 13.5. The summed E-state index contributed by atoms with van der Waals surface area (Å²) < 4.78 is 91.1. The summed E-state index contributed by atoms with van der Waals surface area (Å²) in [4.78, 5) is 69.7. The first-order valence-corrected chi connectivity index (χ1v) is 37.2. The van der Waals surface area contributed by atoms with Gasteiger partial charge in [0.25, 0.3) is 20.0 Å². The molecule has 28 heteroatoms. The highest BCUT2D eigenvalue weighted by Crippen LogP contribution is 2.56. The number of rotatable bonds is 33. The number of H-pyrrole nitrogens is 1. The second-order valence-electron chi connectivity index (χ2n) is 25.9. The molecule has 105 heavy (non-hydrogen) atoms. The number of aryl methyl sites for hydroxylation is 2. The molecule has 2 N–H and O–H groups in total. The fourth-order valence-corrected chi connectivity index (χ4v) is 16.6. The van der Waals surface area contributed by atoms with E-state index in [-0.39, 0.29) is 98.4 Å². The lowest BCUT2D eigenvalue weighted by Crippen LogP contribution is -2.38. The van der Waals surface area contributed by atoms with E-state index in [4.69, 9.17) is 51.0 Å². The van der Waals surface area contributed by atoms with Gasteiger partial charge in [0.2, 0.25) is 0 Å². The second kappa shape index (κ2) is 34.1. The third kappa shape index (κ3) is 17.0. The van der Waals surface area contributed by atoms with Crippen molar-refractivity contribution in [1.29, 1.82) is 10.5 Å². The number of nitrogens with one attached hydrogen (secondary N) is 2. The molecule has 5 heterocycles. The molecule has 0 radical (unpaired) electrons. The van der Waals surface area contributed by atoms with Crippen LogP contribution < -0.4 is 26.0 Å². The van der Waals surface area contributed by atoms with Gasteiger partial charge in [0.1, 0.15) is 60.8 Å². The van der Waals surface area contributed by atoms with Crippen molar-refractivity contribution in [3.8, 4) is 34.8 Å². The number of phosphoric ester groups is 1. The molecule has 0 saturated carbocycles. The molecule has 3 aromatic heterocycles. The number of carbonyl (C=O) groups is 2. The third-order valence-corrected chi connectivity index (χ3v) is 22.2. The number of methoxy groups -OCH3 is 2. The van der Waals surface area contributed by atoms with E-state index in [1.165, 1.54) is 23.4 Å². The minimum atomic E-state index is -4.89. The number of anilines is 1. The van der Waals surface area contributed by atoms with E-state index >= 15 is 4.57 Å². The molecule has 26 nitrogen and oxygen atoms in total. The predicted molar refractivity (Wildman–Crippen MR) is 389 cm³/mol. The van der Waals surface area contributed by atoms with E-state index in [1.807, 2.05) is 137 Å². The number of nitrogens with zero attached hydrogens (tertiary/aromatic N) is 8. The van der Waals surface area contributed by atoms with Crippen molar-refractivity contribution < 1.29 is 65.2 Å². The van der Waals surface area contributed by atoms with Crippen molar-refractivity contribution in [2.24, 2.45) is 0 Å². The van der Waals surface area contributed by atoms with Crippen LogP contribution in [0.2, 0.25) is 0 Å². The number of fused-ring (bicyclic) bond motifs is 4. The Labute approximate surface area is 608 Å². The first-order valence-electron chi connectivity index (χ1n) is 34.6.